The Labute approximate surface area is 137 Å². The summed E-state index contributed by atoms with van der Waals surface area (Å²) >= 11 is 0. The molecule has 1 aromatic rings. The molecule has 0 aliphatic carbocycles. The third-order valence-electron chi connectivity index (χ3n) is 2.77. The molecule has 0 aliphatic heterocycles. The second-order valence-electron chi connectivity index (χ2n) is 6.21. The number of alkyl carbamates (subject to hydrolysis) is 1. The first kappa shape index (κ1) is 19.0. The first-order valence-electron chi connectivity index (χ1n) is 7.65. The summed E-state index contributed by atoms with van der Waals surface area (Å²) in [6.45, 7) is 6.31. The summed E-state index contributed by atoms with van der Waals surface area (Å²) < 4.78 is 10.2. The molecule has 0 saturated carbocycles. The molecular weight excluding hydrogens is 296 g/mol. The maximum Gasteiger partial charge on any atom is 0.407 e. The molecule has 0 unspecified atom stereocenters. The molecule has 6 nitrogen and oxygen atoms in total. The van der Waals surface area contributed by atoms with E-state index in [4.69, 9.17) is 9.47 Å². The average molecular weight is 322 g/mol. The van der Waals surface area contributed by atoms with Crippen molar-refractivity contribution in [2.45, 2.75) is 45.8 Å². The van der Waals surface area contributed by atoms with E-state index < -0.39 is 11.7 Å². The van der Waals surface area contributed by atoms with Gasteiger partial charge in [-0.2, -0.15) is 0 Å². The lowest BCUT2D eigenvalue weighted by molar-refractivity contribution is -0.116. The van der Waals surface area contributed by atoms with Crippen LogP contribution in [0.25, 0.3) is 0 Å². The van der Waals surface area contributed by atoms with Crippen LogP contribution >= 0.6 is 0 Å². The minimum Gasteiger partial charge on any atom is -0.444 e. The number of anilines is 1. The highest BCUT2D eigenvalue weighted by atomic mass is 16.6. The van der Waals surface area contributed by atoms with Crippen molar-refractivity contribution in [3.05, 3.63) is 29.8 Å². The number of hydrogen-bond donors (Lipinski definition) is 2. The molecule has 2 amide bonds. The summed E-state index contributed by atoms with van der Waals surface area (Å²) in [5.41, 5.74) is 1.22. The van der Waals surface area contributed by atoms with Crippen molar-refractivity contribution in [1.29, 1.82) is 0 Å². The molecule has 0 bridgehead atoms. The number of amides is 2. The van der Waals surface area contributed by atoms with Crippen molar-refractivity contribution in [1.82, 2.24) is 5.32 Å². The number of benzene rings is 1. The van der Waals surface area contributed by atoms with Gasteiger partial charge >= 0.3 is 6.09 Å². The van der Waals surface area contributed by atoms with E-state index in [-0.39, 0.29) is 5.91 Å². The van der Waals surface area contributed by atoms with Crippen LogP contribution in [0, 0.1) is 0 Å². The molecule has 0 saturated heterocycles. The van der Waals surface area contributed by atoms with Crippen LogP contribution in [0.1, 0.15) is 39.2 Å². The minimum absolute atomic E-state index is 0.0921. The molecule has 0 fully saturated rings. The van der Waals surface area contributed by atoms with Gasteiger partial charge in [0, 0.05) is 25.8 Å². The number of nitrogens with one attached hydrogen (secondary N) is 2. The lowest BCUT2D eigenvalue weighted by atomic mass is 10.2. The maximum absolute atomic E-state index is 11.9. The number of rotatable bonds is 7. The molecule has 6 heteroatoms. The summed E-state index contributed by atoms with van der Waals surface area (Å²) in [5.74, 6) is -0.0921. The zero-order valence-corrected chi connectivity index (χ0v) is 14.3. The zero-order chi connectivity index (χ0) is 17.3. The van der Waals surface area contributed by atoms with E-state index in [0.29, 0.717) is 26.0 Å². The van der Waals surface area contributed by atoms with E-state index in [1.54, 1.807) is 27.9 Å². The Bertz CT molecular complexity index is 524. The second-order valence-corrected chi connectivity index (χ2v) is 6.21. The Morgan fingerprint density at radius 1 is 1.22 bits per heavy atom. The van der Waals surface area contributed by atoms with Crippen molar-refractivity contribution in [3.63, 3.8) is 0 Å². The first-order valence-corrected chi connectivity index (χ1v) is 7.65. The molecule has 0 aromatic heterocycles. The molecule has 0 aliphatic rings. The largest absolute Gasteiger partial charge is 0.444 e. The normalized spacial score (nSPS) is 11.0. The number of carbonyl (C=O) groups is 2. The van der Waals surface area contributed by atoms with Gasteiger partial charge in [0.25, 0.3) is 0 Å². The maximum atomic E-state index is 11.9. The van der Waals surface area contributed by atoms with Crippen LogP contribution in [0.15, 0.2) is 24.3 Å². The van der Waals surface area contributed by atoms with Crippen molar-refractivity contribution < 1.29 is 19.1 Å². The lowest BCUT2D eigenvalue weighted by Gasteiger charge is -2.19. The Morgan fingerprint density at radius 2 is 1.96 bits per heavy atom. The molecular formula is C17H26N2O4. The highest BCUT2D eigenvalue weighted by molar-refractivity contribution is 5.90. The molecule has 2 N–H and O–H groups in total. The number of hydrogen-bond acceptors (Lipinski definition) is 4. The summed E-state index contributed by atoms with van der Waals surface area (Å²) in [4.78, 5) is 23.3. The van der Waals surface area contributed by atoms with E-state index >= 15 is 0 Å². The summed E-state index contributed by atoms with van der Waals surface area (Å²) in [6.07, 6.45) is 0.401. The smallest absolute Gasteiger partial charge is 0.407 e. The molecule has 0 radical (unpaired) electrons. The lowest BCUT2D eigenvalue weighted by Crippen LogP contribution is -2.33. The fourth-order valence-corrected chi connectivity index (χ4v) is 1.88. The number of methoxy groups -OCH3 is 1. The predicted molar refractivity (Wildman–Crippen MR) is 89.3 cm³/mol. The van der Waals surface area contributed by atoms with Crippen LogP contribution < -0.4 is 10.6 Å². The van der Waals surface area contributed by atoms with E-state index in [1.807, 2.05) is 24.3 Å². The van der Waals surface area contributed by atoms with Crippen LogP contribution in [0.3, 0.4) is 0 Å². The van der Waals surface area contributed by atoms with Gasteiger partial charge < -0.3 is 20.1 Å². The fourth-order valence-electron chi connectivity index (χ4n) is 1.88. The molecule has 128 valence electrons. The predicted octanol–water partition coefficient (Wildman–Crippen LogP) is 3.08. The quantitative estimate of drug-likeness (QED) is 0.756. The highest BCUT2D eigenvalue weighted by Gasteiger charge is 2.15. The van der Waals surface area contributed by atoms with Gasteiger partial charge in [-0.15, -0.1) is 0 Å². The van der Waals surface area contributed by atoms with Gasteiger partial charge in [-0.25, -0.2) is 4.79 Å². The molecule has 1 aromatic carbocycles. The van der Waals surface area contributed by atoms with Crippen molar-refractivity contribution in [2.75, 3.05) is 19.0 Å². The van der Waals surface area contributed by atoms with Crippen molar-refractivity contribution in [2.24, 2.45) is 0 Å². The first-order chi connectivity index (χ1) is 10.8. The van der Waals surface area contributed by atoms with Gasteiger partial charge in [0.1, 0.15) is 5.60 Å². The van der Waals surface area contributed by atoms with E-state index in [2.05, 4.69) is 10.6 Å². The molecule has 0 atom stereocenters. The van der Waals surface area contributed by atoms with Crippen LogP contribution in [0.4, 0.5) is 10.5 Å². The third-order valence-corrected chi connectivity index (χ3v) is 2.77. The molecule has 0 heterocycles. The zero-order valence-electron chi connectivity index (χ0n) is 14.3. The fraction of sp³-hybridized carbons (Fsp3) is 0.529. The monoisotopic (exact) mass is 322 g/mol. The SMILES string of the molecule is COCc1cccc(NC(=O)CCCNC(=O)OC(C)(C)C)c1. The number of ether oxygens (including phenoxy) is 2. The van der Waals surface area contributed by atoms with Crippen molar-refractivity contribution >= 4 is 17.7 Å². The number of carbonyl (C=O) groups excluding carboxylic acids is 2. The third kappa shape index (κ3) is 8.83. The van der Waals surface area contributed by atoms with Crippen LogP contribution in [0.2, 0.25) is 0 Å². The molecule has 0 spiro atoms. The van der Waals surface area contributed by atoms with Crippen molar-refractivity contribution in [3.8, 4) is 0 Å². The Morgan fingerprint density at radius 3 is 2.61 bits per heavy atom. The van der Waals surface area contributed by atoms with Gasteiger partial charge in [0.2, 0.25) is 5.91 Å². The molecule has 23 heavy (non-hydrogen) atoms. The summed E-state index contributed by atoms with van der Waals surface area (Å²) in [5, 5.41) is 5.46. The van der Waals surface area contributed by atoms with Gasteiger partial charge in [0.05, 0.1) is 6.61 Å². The average Bonchev–Trinajstić information content (AvgIpc) is 2.42. The Hall–Kier alpha value is -2.08. The van der Waals surface area contributed by atoms with Gasteiger partial charge in [-0.05, 0) is 44.9 Å². The van der Waals surface area contributed by atoms with Crippen LogP contribution in [0.5, 0.6) is 0 Å². The summed E-state index contributed by atoms with van der Waals surface area (Å²) in [7, 11) is 1.63. The van der Waals surface area contributed by atoms with Gasteiger partial charge in [0.15, 0.2) is 0 Å². The van der Waals surface area contributed by atoms with Gasteiger partial charge in [-0.1, -0.05) is 12.1 Å². The Kier molecular flexibility index (Phi) is 7.54. The topological polar surface area (TPSA) is 76.7 Å². The standard InChI is InChI=1S/C17H26N2O4/c1-17(2,3)23-16(21)18-10-6-9-15(20)19-14-8-5-7-13(11-14)12-22-4/h5,7-8,11H,6,9-10,12H2,1-4H3,(H,18,21)(H,19,20). The van der Waals surface area contributed by atoms with Gasteiger partial charge in [-0.3, -0.25) is 4.79 Å². The molecule has 1 rings (SSSR count). The highest BCUT2D eigenvalue weighted by Crippen LogP contribution is 2.12. The van der Waals surface area contributed by atoms with E-state index in [1.165, 1.54) is 0 Å². The minimum atomic E-state index is -0.519. The Balaban J connectivity index is 2.27. The van der Waals surface area contributed by atoms with Crippen LogP contribution in [-0.2, 0) is 20.9 Å². The summed E-state index contributed by atoms with van der Waals surface area (Å²) in [6, 6.07) is 7.51. The second kappa shape index (κ2) is 9.15. The van der Waals surface area contributed by atoms with E-state index in [9.17, 15) is 9.59 Å². The van der Waals surface area contributed by atoms with Crippen LogP contribution in [-0.4, -0.2) is 31.3 Å². The van der Waals surface area contributed by atoms with E-state index in [0.717, 1.165) is 11.3 Å².